The monoisotopic (exact) mass is 208 g/mol. The van der Waals surface area contributed by atoms with Gasteiger partial charge < -0.3 is 5.73 Å². The van der Waals surface area contributed by atoms with Crippen LogP contribution < -0.4 is 5.73 Å². The fraction of sp³-hybridized carbons (Fsp3) is 0.833. The summed E-state index contributed by atoms with van der Waals surface area (Å²) >= 11 is 0. The smallest absolute Gasteiger partial charge is 0.220 e. The van der Waals surface area contributed by atoms with Crippen molar-refractivity contribution in [2.24, 2.45) is 29.4 Å². The van der Waals surface area contributed by atoms with Crippen LogP contribution in [0.3, 0.4) is 0 Å². The Morgan fingerprint density at radius 1 is 1.20 bits per heavy atom. The van der Waals surface area contributed by atoms with Gasteiger partial charge in [0.25, 0.3) is 0 Å². The van der Waals surface area contributed by atoms with Crippen molar-refractivity contribution < 1.29 is 4.79 Å². The minimum atomic E-state index is -0.122. The van der Waals surface area contributed by atoms with Gasteiger partial charge in [-0.05, 0) is 37.5 Å². The molecule has 2 N–H and O–H groups in total. The fourth-order valence-corrected chi connectivity index (χ4v) is 2.14. The van der Waals surface area contributed by atoms with Crippen LogP contribution in [0.2, 0.25) is 0 Å². The van der Waals surface area contributed by atoms with E-state index in [1.54, 1.807) is 0 Å². The summed E-state index contributed by atoms with van der Waals surface area (Å²) in [4.78, 5) is 10.3. The van der Waals surface area contributed by atoms with Crippen molar-refractivity contribution in [2.45, 2.75) is 39.5 Å². The van der Waals surface area contributed by atoms with E-state index in [-0.39, 0.29) is 11.8 Å². The lowest BCUT2D eigenvalue weighted by Crippen LogP contribution is -2.33. The van der Waals surface area contributed by atoms with E-state index < -0.39 is 0 Å². The third kappa shape index (κ3) is 3.54. The molecule has 0 unspecified atom stereocenters. The van der Waals surface area contributed by atoms with Crippen molar-refractivity contribution in [3.05, 3.63) is 0 Å². The minimum Gasteiger partial charge on any atom is -0.369 e. The van der Waals surface area contributed by atoms with E-state index in [0.29, 0.717) is 5.92 Å². The number of hydrogen-bond acceptors (Lipinski definition) is 2. The first kappa shape index (κ1) is 12.0. The molecule has 2 rings (SSSR count). The summed E-state index contributed by atoms with van der Waals surface area (Å²) in [5.74, 6) is 2.03. The van der Waals surface area contributed by atoms with E-state index >= 15 is 0 Å². The van der Waals surface area contributed by atoms with Gasteiger partial charge in [-0.1, -0.05) is 13.8 Å². The van der Waals surface area contributed by atoms with Gasteiger partial charge in [-0.15, -0.1) is 0 Å². The average molecular weight is 208 g/mol. The maximum atomic E-state index is 10.3. The van der Waals surface area contributed by atoms with Crippen molar-refractivity contribution >= 4 is 5.91 Å². The minimum absolute atomic E-state index is 0.122. The third-order valence-electron chi connectivity index (χ3n) is 3.33. The molecule has 0 radical (unpaired) electrons. The number of nitriles is 1. The zero-order chi connectivity index (χ0) is 11.4. The molecule has 0 aliphatic heterocycles. The molecule has 0 saturated heterocycles. The number of amides is 1. The summed E-state index contributed by atoms with van der Waals surface area (Å²) in [7, 11) is 0. The van der Waals surface area contributed by atoms with Crippen molar-refractivity contribution in [3.8, 4) is 6.07 Å². The SMILES string of the molecule is CC1CC(C#N)C1.CC1CC(C(N)=O)C1. The Morgan fingerprint density at radius 2 is 1.67 bits per heavy atom. The number of carbonyl (C=O) groups is 1. The Balaban J connectivity index is 0.000000151. The highest BCUT2D eigenvalue weighted by molar-refractivity contribution is 5.77. The highest BCUT2D eigenvalue weighted by Crippen LogP contribution is 2.32. The van der Waals surface area contributed by atoms with Gasteiger partial charge >= 0.3 is 0 Å². The number of nitrogens with zero attached hydrogens (tertiary/aromatic N) is 1. The van der Waals surface area contributed by atoms with Gasteiger partial charge in [0.15, 0.2) is 0 Å². The van der Waals surface area contributed by atoms with Crippen molar-refractivity contribution in [1.29, 1.82) is 5.26 Å². The van der Waals surface area contributed by atoms with Crippen LogP contribution in [-0.2, 0) is 4.79 Å². The molecule has 84 valence electrons. The van der Waals surface area contributed by atoms with Crippen molar-refractivity contribution in [3.63, 3.8) is 0 Å². The molecule has 2 aliphatic rings. The summed E-state index contributed by atoms with van der Waals surface area (Å²) < 4.78 is 0. The highest BCUT2D eigenvalue weighted by Gasteiger charge is 2.29. The van der Waals surface area contributed by atoms with Gasteiger partial charge in [-0.2, -0.15) is 5.26 Å². The molecule has 0 bridgehead atoms. The molecule has 3 nitrogen and oxygen atoms in total. The van der Waals surface area contributed by atoms with Crippen LogP contribution in [0.25, 0.3) is 0 Å². The summed E-state index contributed by atoms with van der Waals surface area (Å²) in [6, 6.07) is 2.23. The first-order valence-electron chi connectivity index (χ1n) is 5.71. The van der Waals surface area contributed by atoms with Crippen LogP contribution in [0.15, 0.2) is 0 Å². The Bertz CT molecular complexity index is 257. The van der Waals surface area contributed by atoms with Crippen LogP contribution in [-0.4, -0.2) is 5.91 Å². The van der Waals surface area contributed by atoms with Crippen LogP contribution in [0.1, 0.15) is 39.5 Å². The van der Waals surface area contributed by atoms with Crippen molar-refractivity contribution in [1.82, 2.24) is 0 Å². The van der Waals surface area contributed by atoms with Gasteiger partial charge in [0, 0.05) is 11.8 Å². The second-order valence-corrected chi connectivity index (χ2v) is 5.08. The average Bonchev–Trinajstić information content (AvgIpc) is 2.08. The fourth-order valence-electron chi connectivity index (χ4n) is 2.14. The molecule has 15 heavy (non-hydrogen) atoms. The van der Waals surface area contributed by atoms with Crippen LogP contribution in [0.5, 0.6) is 0 Å². The van der Waals surface area contributed by atoms with E-state index in [1.807, 2.05) is 0 Å². The Morgan fingerprint density at radius 3 is 1.80 bits per heavy atom. The predicted octanol–water partition coefficient (Wildman–Crippen LogP) is 2.07. The van der Waals surface area contributed by atoms with Gasteiger partial charge in [0.05, 0.1) is 6.07 Å². The standard InChI is InChI=1S/C6H11NO.C6H9N/c1-4-2-5(3-4)6(7)8;1-5-2-6(3-5)4-7/h4-5H,2-3H2,1H3,(H2,7,8);5-6H,2-3H2,1H3. The lowest BCUT2D eigenvalue weighted by molar-refractivity contribution is -0.125. The van der Waals surface area contributed by atoms with Gasteiger partial charge in [-0.3, -0.25) is 4.79 Å². The van der Waals surface area contributed by atoms with E-state index in [4.69, 9.17) is 11.0 Å². The van der Waals surface area contributed by atoms with Gasteiger partial charge in [0.1, 0.15) is 0 Å². The number of nitrogens with two attached hydrogens (primary N) is 1. The molecule has 0 heterocycles. The van der Waals surface area contributed by atoms with E-state index in [9.17, 15) is 4.79 Å². The van der Waals surface area contributed by atoms with E-state index in [0.717, 1.165) is 37.5 Å². The third-order valence-corrected chi connectivity index (χ3v) is 3.33. The molecular weight excluding hydrogens is 188 g/mol. The molecule has 2 aliphatic carbocycles. The first-order chi connectivity index (χ1) is 7.02. The largest absolute Gasteiger partial charge is 0.369 e. The normalized spacial score (nSPS) is 37.4. The number of primary amides is 1. The molecule has 3 heteroatoms. The molecule has 2 fully saturated rings. The zero-order valence-electron chi connectivity index (χ0n) is 9.57. The Kier molecular flexibility index (Phi) is 4.14. The molecule has 0 aromatic carbocycles. The summed E-state index contributed by atoms with van der Waals surface area (Å²) in [6.45, 7) is 4.33. The summed E-state index contributed by atoms with van der Waals surface area (Å²) in [5, 5.41) is 8.25. The van der Waals surface area contributed by atoms with Crippen LogP contribution in [0.4, 0.5) is 0 Å². The molecule has 1 amide bonds. The predicted molar refractivity (Wildman–Crippen MR) is 58.6 cm³/mol. The second kappa shape index (κ2) is 5.16. The Hall–Kier alpha value is -1.04. The lowest BCUT2D eigenvalue weighted by Gasteiger charge is -2.29. The van der Waals surface area contributed by atoms with Crippen LogP contribution >= 0.6 is 0 Å². The topological polar surface area (TPSA) is 66.9 Å². The quantitative estimate of drug-likeness (QED) is 0.716. The maximum absolute atomic E-state index is 10.3. The lowest BCUT2D eigenvalue weighted by atomic mass is 9.76. The zero-order valence-corrected chi connectivity index (χ0v) is 9.57. The highest BCUT2D eigenvalue weighted by atomic mass is 16.1. The number of hydrogen-bond donors (Lipinski definition) is 1. The Labute approximate surface area is 91.6 Å². The first-order valence-corrected chi connectivity index (χ1v) is 5.71. The van der Waals surface area contributed by atoms with E-state index in [2.05, 4.69) is 19.9 Å². The van der Waals surface area contributed by atoms with Gasteiger partial charge in [-0.25, -0.2) is 0 Å². The summed E-state index contributed by atoms with van der Waals surface area (Å²) in [5.41, 5.74) is 5.02. The molecular formula is C12H20N2O. The molecule has 0 spiro atoms. The maximum Gasteiger partial charge on any atom is 0.220 e. The molecule has 2 saturated carbocycles. The molecule has 0 aromatic rings. The molecule has 0 atom stereocenters. The summed E-state index contributed by atoms with van der Waals surface area (Å²) in [6.07, 6.45) is 4.29. The number of rotatable bonds is 1. The second-order valence-electron chi connectivity index (χ2n) is 5.08. The number of carbonyl (C=O) groups excluding carboxylic acids is 1. The molecule has 0 aromatic heterocycles. The van der Waals surface area contributed by atoms with Gasteiger partial charge in [0.2, 0.25) is 5.91 Å². The van der Waals surface area contributed by atoms with E-state index in [1.165, 1.54) is 0 Å². The van der Waals surface area contributed by atoms with Crippen LogP contribution in [0, 0.1) is 35.0 Å². The van der Waals surface area contributed by atoms with Crippen molar-refractivity contribution in [2.75, 3.05) is 0 Å².